The maximum absolute atomic E-state index is 11.9. The smallest absolute Gasteiger partial charge is 0.191 e. The summed E-state index contributed by atoms with van der Waals surface area (Å²) in [5.74, 6) is 0.279. The molecule has 0 atom stereocenters. The number of hydrogen-bond donors (Lipinski definition) is 1. The third kappa shape index (κ3) is 1.46. The number of carbonyl (C=O) groups is 1. The first kappa shape index (κ1) is 10.4. The molecule has 0 saturated carbocycles. The number of allylic oxidation sites excluding steroid dienone is 1. The Labute approximate surface area is 92.1 Å². The zero-order valence-electron chi connectivity index (χ0n) is 9.07. The summed E-state index contributed by atoms with van der Waals surface area (Å²) in [6.07, 6.45) is 0. The van der Waals surface area contributed by atoms with Crippen LogP contribution in [0.1, 0.15) is 17.3 Å². The van der Waals surface area contributed by atoms with Crippen LogP contribution < -0.4 is 4.74 Å². The zero-order chi connectivity index (χ0) is 11.7. The van der Waals surface area contributed by atoms with E-state index < -0.39 is 0 Å². The van der Waals surface area contributed by atoms with Gasteiger partial charge in [0.05, 0.1) is 18.2 Å². The van der Waals surface area contributed by atoms with Gasteiger partial charge >= 0.3 is 0 Å². The second kappa shape index (κ2) is 3.77. The van der Waals surface area contributed by atoms with Crippen LogP contribution in [0.25, 0.3) is 11.0 Å². The van der Waals surface area contributed by atoms with Gasteiger partial charge in [-0.1, -0.05) is 11.8 Å². The molecule has 1 aromatic carbocycles. The summed E-state index contributed by atoms with van der Waals surface area (Å²) < 4.78 is 5.20. The van der Waals surface area contributed by atoms with Crippen LogP contribution in [0.4, 0.5) is 0 Å². The third-order valence-electron chi connectivity index (χ3n) is 2.29. The Morgan fingerprint density at radius 3 is 2.88 bits per heavy atom. The molecule has 2 aromatic rings. The molecule has 0 spiro atoms. The van der Waals surface area contributed by atoms with Crippen LogP contribution in [0, 0.1) is 0 Å². The highest BCUT2D eigenvalue weighted by molar-refractivity contribution is 6.12. The summed E-state index contributed by atoms with van der Waals surface area (Å²) in [5.41, 5.74) is 2.20. The summed E-state index contributed by atoms with van der Waals surface area (Å²) in [6.45, 7) is 5.29. The Morgan fingerprint density at radius 2 is 2.25 bits per heavy atom. The number of hydrogen-bond acceptors (Lipinski definition) is 4. The molecule has 0 bridgehead atoms. The molecular formula is C11H11N3O2. The van der Waals surface area contributed by atoms with Crippen LogP contribution in [0.3, 0.4) is 0 Å². The van der Waals surface area contributed by atoms with Gasteiger partial charge in [0, 0.05) is 0 Å². The number of nitrogens with zero attached hydrogens (tertiary/aromatic N) is 2. The molecule has 0 radical (unpaired) electrons. The van der Waals surface area contributed by atoms with Gasteiger partial charge in [-0.3, -0.25) is 9.89 Å². The number of rotatable bonds is 3. The molecule has 82 valence electrons. The first-order chi connectivity index (χ1) is 7.65. The predicted octanol–water partition coefficient (Wildman–Crippen LogP) is 1.73. The van der Waals surface area contributed by atoms with E-state index in [0.717, 1.165) is 5.52 Å². The lowest BCUT2D eigenvalue weighted by Gasteiger charge is -2.07. The third-order valence-corrected chi connectivity index (χ3v) is 2.29. The number of aromatic nitrogens is 3. The van der Waals surface area contributed by atoms with Gasteiger partial charge in [0.25, 0.3) is 0 Å². The molecule has 2 rings (SSSR count). The van der Waals surface area contributed by atoms with Crippen LogP contribution in [0.2, 0.25) is 0 Å². The standard InChI is InChI=1S/C11H11N3O2/c1-6(2)10(15)7-4-5-8-9(11(7)16-3)13-14-12-8/h4-5H,1H2,2-3H3,(H,12,13,14). The minimum Gasteiger partial charge on any atom is -0.494 e. The summed E-state index contributed by atoms with van der Waals surface area (Å²) >= 11 is 0. The number of Topliss-reactive ketones (excluding diaryl/α,β-unsaturated/α-hetero) is 1. The first-order valence-electron chi connectivity index (χ1n) is 4.73. The van der Waals surface area contributed by atoms with Crippen LogP contribution in [0.15, 0.2) is 24.3 Å². The lowest BCUT2D eigenvalue weighted by Crippen LogP contribution is -2.03. The van der Waals surface area contributed by atoms with E-state index >= 15 is 0 Å². The second-order valence-corrected chi connectivity index (χ2v) is 3.46. The summed E-state index contributed by atoms with van der Waals surface area (Å²) in [5, 5.41) is 10.3. The van der Waals surface area contributed by atoms with Crippen LogP contribution >= 0.6 is 0 Å². The molecule has 0 fully saturated rings. The van der Waals surface area contributed by atoms with Crippen molar-refractivity contribution in [2.24, 2.45) is 0 Å². The number of aromatic amines is 1. The van der Waals surface area contributed by atoms with E-state index in [0.29, 0.717) is 22.4 Å². The average Bonchev–Trinajstić information content (AvgIpc) is 2.74. The van der Waals surface area contributed by atoms with Crippen molar-refractivity contribution in [3.05, 3.63) is 29.8 Å². The largest absolute Gasteiger partial charge is 0.494 e. The molecule has 1 aromatic heterocycles. The fraction of sp³-hybridized carbons (Fsp3) is 0.182. The van der Waals surface area contributed by atoms with Crippen molar-refractivity contribution >= 4 is 16.8 Å². The molecule has 5 nitrogen and oxygen atoms in total. The van der Waals surface area contributed by atoms with Gasteiger partial charge in [-0.05, 0) is 24.6 Å². The molecule has 0 aliphatic carbocycles. The fourth-order valence-electron chi connectivity index (χ4n) is 1.50. The number of methoxy groups -OCH3 is 1. The van der Waals surface area contributed by atoms with E-state index in [2.05, 4.69) is 22.0 Å². The van der Waals surface area contributed by atoms with E-state index in [4.69, 9.17) is 4.74 Å². The summed E-state index contributed by atoms with van der Waals surface area (Å²) in [6, 6.07) is 3.42. The number of benzene rings is 1. The van der Waals surface area contributed by atoms with Crippen molar-refractivity contribution < 1.29 is 9.53 Å². The van der Waals surface area contributed by atoms with E-state index in [1.54, 1.807) is 19.1 Å². The SMILES string of the molecule is C=C(C)C(=O)c1ccc2[nH]nnc2c1OC. The van der Waals surface area contributed by atoms with Gasteiger partial charge in [-0.25, -0.2) is 0 Å². The normalized spacial score (nSPS) is 10.4. The number of ketones is 1. The van der Waals surface area contributed by atoms with E-state index in [1.165, 1.54) is 7.11 Å². The highest BCUT2D eigenvalue weighted by Gasteiger charge is 2.17. The zero-order valence-corrected chi connectivity index (χ0v) is 9.07. The van der Waals surface area contributed by atoms with Gasteiger partial charge in [0.1, 0.15) is 0 Å². The highest BCUT2D eigenvalue weighted by atomic mass is 16.5. The fourth-order valence-corrected chi connectivity index (χ4v) is 1.50. The monoisotopic (exact) mass is 217 g/mol. The highest BCUT2D eigenvalue weighted by Crippen LogP contribution is 2.28. The number of carbonyl (C=O) groups excluding carboxylic acids is 1. The van der Waals surface area contributed by atoms with Gasteiger partial charge in [0.15, 0.2) is 17.0 Å². The molecule has 0 saturated heterocycles. The van der Waals surface area contributed by atoms with Gasteiger partial charge < -0.3 is 4.74 Å². The Balaban J connectivity index is 2.69. The van der Waals surface area contributed by atoms with Gasteiger partial charge in [-0.15, -0.1) is 5.10 Å². The summed E-state index contributed by atoms with van der Waals surface area (Å²) in [7, 11) is 1.50. The molecule has 5 heteroatoms. The van der Waals surface area contributed by atoms with Crippen molar-refractivity contribution in [2.45, 2.75) is 6.92 Å². The summed E-state index contributed by atoms with van der Waals surface area (Å²) in [4.78, 5) is 11.9. The predicted molar refractivity (Wildman–Crippen MR) is 59.6 cm³/mol. The molecule has 0 aliphatic rings. The van der Waals surface area contributed by atoms with E-state index in [1.807, 2.05) is 0 Å². The molecule has 1 heterocycles. The van der Waals surface area contributed by atoms with Crippen molar-refractivity contribution in [3.63, 3.8) is 0 Å². The number of ether oxygens (including phenoxy) is 1. The van der Waals surface area contributed by atoms with Crippen molar-refractivity contribution in [1.29, 1.82) is 0 Å². The van der Waals surface area contributed by atoms with Crippen molar-refractivity contribution in [1.82, 2.24) is 15.4 Å². The average molecular weight is 217 g/mol. The van der Waals surface area contributed by atoms with E-state index in [-0.39, 0.29) is 5.78 Å². The molecule has 1 N–H and O–H groups in total. The quantitative estimate of drug-likeness (QED) is 0.628. The second-order valence-electron chi connectivity index (χ2n) is 3.46. The molecule has 0 aliphatic heterocycles. The van der Waals surface area contributed by atoms with E-state index in [9.17, 15) is 4.79 Å². The Kier molecular flexibility index (Phi) is 2.44. The van der Waals surface area contributed by atoms with Crippen LogP contribution in [0.5, 0.6) is 5.75 Å². The maximum atomic E-state index is 11.9. The molecular weight excluding hydrogens is 206 g/mol. The van der Waals surface area contributed by atoms with Crippen LogP contribution in [-0.4, -0.2) is 28.3 Å². The van der Waals surface area contributed by atoms with Crippen LogP contribution in [-0.2, 0) is 0 Å². The minimum absolute atomic E-state index is 0.151. The molecule has 16 heavy (non-hydrogen) atoms. The van der Waals surface area contributed by atoms with Gasteiger partial charge in [0.2, 0.25) is 0 Å². The number of H-pyrrole nitrogens is 1. The van der Waals surface area contributed by atoms with Crippen molar-refractivity contribution in [3.8, 4) is 5.75 Å². The molecule has 0 amide bonds. The number of fused-ring (bicyclic) bond motifs is 1. The number of nitrogens with one attached hydrogen (secondary N) is 1. The van der Waals surface area contributed by atoms with Gasteiger partial charge in [-0.2, -0.15) is 0 Å². The Morgan fingerprint density at radius 1 is 1.50 bits per heavy atom. The van der Waals surface area contributed by atoms with Crippen molar-refractivity contribution in [2.75, 3.05) is 7.11 Å². The Hall–Kier alpha value is -2.17. The first-order valence-corrected chi connectivity index (χ1v) is 4.73. The topological polar surface area (TPSA) is 67.9 Å². The maximum Gasteiger partial charge on any atom is 0.191 e. The Bertz CT molecular complexity index is 572. The lowest BCUT2D eigenvalue weighted by molar-refractivity contribution is 0.103. The lowest BCUT2D eigenvalue weighted by atomic mass is 10.0. The minimum atomic E-state index is -0.151. The molecule has 0 unspecified atom stereocenters.